The van der Waals surface area contributed by atoms with Crippen molar-refractivity contribution in [2.45, 2.75) is 38.1 Å². The third kappa shape index (κ3) is 8.56. The van der Waals surface area contributed by atoms with Gasteiger partial charge in [0.05, 0.1) is 0 Å². The molecule has 0 atom stereocenters. The molecule has 0 aromatic carbocycles. The van der Waals surface area contributed by atoms with Crippen LogP contribution < -0.4 is 0 Å². The Kier molecular flexibility index (Phi) is 5.68. The first kappa shape index (κ1) is 9.56. The molecule has 0 aliphatic rings. The van der Waals surface area contributed by atoms with Crippen LogP contribution in [0, 0.1) is 11.8 Å². The van der Waals surface area contributed by atoms with Gasteiger partial charge in [-0.2, -0.15) is 0 Å². The van der Waals surface area contributed by atoms with Crippen LogP contribution in [-0.2, 0) is 0 Å². The van der Waals surface area contributed by atoms with Gasteiger partial charge in [-0.1, -0.05) is 0 Å². The maximum atomic E-state index is 2.32. The molecule has 0 saturated carbocycles. The standard InChI is InChI=1S/C8H19As/c1-7(2)5-9-6-8(3)4/h7-9H,5-6H2,1-4H3. The van der Waals surface area contributed by atoms with Crippen LogP contribution in [0.3, 0.4) is 0 Å². The van der Waals surface area contributed by atoms with Crippen LogP contribution in [0.15, 0.2) is 0 Å². The van der Waals surface area contributed by atoms with Gasteiger partial charge in [-0.15, -0.1) is 0 Å². The molecule has 0 unspecified atom stereocenters. The Hall–Kier alpha value is 0.558. The first-order valence-corrected chi connectivity index (χ1v) is 6.80. The Balaban J connectivity index is 2.91. The fourth-order valence-electron chi connectivity index (χ4n) is 0.661. The summed E-state index contributed by atoms with van der Waals surface area (Å²) in [6.45, 7) is 9.29. The molecule has 0 rings (SSSR count). The summed E-state index contributed by atoms with van der Waals surface area (Å²) in [5.41, 5.74) is 0. The molecule has 0 spiro atoms. The molecule has 0 bridgehead atoms. The van der Waals surface area contributed by atoms with E-state index in [0.717, 1.165) is 11.8 Å². The Morgan fingerprint density at radius 2 is 1.22 bits per heavy atom. The molecule has 1 heteroatoms. The zero-order valence-electron chi connectivity index (χ0n) is 7.07. The van der Waals surface area contributed by atoms with Gasteiger partial charge in [-0.3, -0.25) is 0 Å². The molecule has 56 valence electrons. The molecule has 0 amide bonds. The first-order chi connectivity index (χ1) is 4.13. The predicted octanol–water partition coefficient (Wildman–Crippen LogP) is 2.57. The summed E-state index contributed by atoms with van der Waals surface area (Å²) in [4.78, 5) is 0. The van der Waals surface area contributed by atoms with Gasteiger partial charge >= 0.3 is 65.7 Å². The van der Waals surface area contributed by atoms with Crippen molar-refractivity contribution in [1.82, 2.24) is 0 Å². The normalized spacial score (nSPS) is 11.3. The van der Waals surface area contributed by atoms with Crippen LogP contribution in [0.5, 0.6) is 0 Å². The molecule has 0 heterocycles. The third-order valence-corrected chi connectivity index (χ3v) is 5.74. The van der Waals surface area contributed by atoms with Crippen LogP contribution >= 0.6 is 0 Å². The van der Waals surface area contributed by atoms with Gasteiger partial charge < -0.3 is 0 Å². The van der Waals surface area contributed by atoms with Gasteiger partial charge in [0.1, 0.15) is 0 Å². The van der Waals surface area contributed by atoms with E-state index in [1.165, 1.54) is 10.4 Å². The van der Waals surface area contributed by atoms with Crippen molar-refractivity contribution >= 4 is 15.8 Å². The number of rotatable bonds is 4. The molecule has 0 aliphatic carbocycles. The average Bonchev–Trinajstić information content (AvgIpc) is 1.63. The fraction of sp³-hybridized carbons (Fsp3) is 1.00. The van der Waals surface area contributed by atoms with Crippen LogP contribution in [0.4, 0.5) is 0 Å². The van der Waals surface area contributed by atoms with E-state index in [1.807, 2.05) is 0 Å². The predicted molar refractivity (Wildman–Crippen MR) is 46.4 cm³/mol. The average molecular weight is 190 g/mol. The van der Waals surface area contributed by atoms with Gasteiger partial charge in [0, 0.05) is 0 Å². The maximum absolute atomic E-state index is 2.32. The van der Waals surface area contributed by atoms with Crippen LogP contribution in [0.25, 0.3) is 0 Å². The fourth-order valence-corrected chi connectivity index (χ4v) is 3.43. The molecule has 0 aliphatic heterocycles. The van der Waals surface area contributed by atoms with E-state index in [0.29, 0.717) is 15.8 Å². The molecule has 0 saturated heterocycles. The summed E-state index contributed by atoms with van der Waals surface area (Å²) >= 11 is 0.426. The molecule has 0 fully saturated rings. The third-order valence-electron chi connectivity index (χ3n) is 1.11. The second-order valence-electron chi connectivity index (χ2n) is 3.45. The monoisotopic (exact) mass is 190 g/mol. The van der Waals surface area contributed by atoms with Crippen molar-refractivity contribution in [3.8, 4) is 0 Å². The minimum absolute atomic E-state index is 0.426. The Bertz CT molecular complexity index is 49.6. The summed E-state index contributed by atoms with van der Waals surface area (Å²) in [6.07, 6.45) is 0. The Labute approximate surface area is 66.1 Å². The van der Waals surface area contributed by atoms with Crippen molar-refractivity contribution in [3.05, 3.63) is 0 Å². The number of hydrogen-bond acceptors (Lipinski definition) is 0. The van der Waals surface area contributed by atoms with Gasteiger partial charge in [0.2, 0.25) is 0 Å². The minimum atomic E-state index is 0.426. The Morgan fingerprint density at radius 1 is 0.889 bits per heavy atom. The van der Waals surface area contributed by atoms with Crippen LogP contribution in [-0.4, -0.2) is 15.8 Å². The van der Waals surface area contributed by atoms with E-state index in [1.54, 1.807) is 0 Å². The summed E-state index contributed by atoms with van der Waals surface area (Å²) in [6, 6.07) is 0. The summed E-state index contributed by atoms with van der Waals surface area (Å²) < 4.78 is 0. The van der Waals surface area contributed by atoms with E-state index >= 15 is 0 Å². The molecule has 9 heavy (non-hydrogen) atoms. The van der Waals surface area contributed by atoms with Gasteiger partial charge in [-0.25, -0.2) is 0 Å². The van der Waals surface area contributed by atoms with Crippen LogP contribution in [0.1, 0.15) is 27.7 Å². The zero-order valence-corrected chi connectivity index (χ0v) is 9.17. The first-order valence-electron chi connectivity index (χ1n) is 3.83. The SMILES string of the molecule is CC(C)C[AsH]CC(C)C. The molecule has 0 aromatic rings. The van der Waals surface area contributed by atoms with Crippen molar-refractivity contribution in [2.24, 2.45) is 11.8 Å². The van der Waals surface area contributed by atoms with E-state index in [-0.39, 0.29) is 0 Å². The van der Waals surface area contributed by atoms with Crippen molar-refractivity contribution in [2.75, 3.05) is 0 Å². The second kappa shape index (κ2) is 5.35. The van der Waals surface area contributed by atoms with Crippen molar-refractivity contribution < 1.29 is 0 Å². The summed E-state index contributed by atoms with van der Waals surface area (Å²) in [5, 5.41) is 3.05. The topological polar surface area (TPSA) is 0 Å². The van der Waals surface area contributed by atoms with Gasteiger partial charge in [0.15, 0.2) is 0 Å². The molecular formula is C8H19As. The molecule has 0 aromatic heterocycles. The van der Waals surface area contributed by atoms with Crippen molar-refractivity contribution in [3.63, 3.8) is 0 Å². The second-order valence-corrected chi connectivity index (χ2v) is 6.21. The van der Waals surface area contributed by atoms with Crippen LogP contribution in [0.2, 0.25) is 10.4 Å². The van der Waals surface area contributed by atoms with Gasteiger partial charge in [0.25, 0.3) is 0 Å². The van der Waals surface area contributed by atoms with E-state index < -0.39 is 0 Å². The van der Waals surface area contributed by atoms with Crippen molar-refractivity contribution in [1.29, 1.82) is 0 Å². The Morgan fingerprint density at radius 3 is 1.44 bits per heavy atom. The van der Waals surface area contributed by atoms with E-state index in [2.05, 4.69) is 27.7 Å². The zero-order chi connectivity index (χ0) is 7.28. The number of hydrogen-bond donors (Lipinski definition) is 0. The molecule has 0 nitrogen and oxygen atoms in total. The van der Waals surface area contributed by atoms with E-state index in [4.69, 9.17) is 0 Å². The van der Waals surface area contributed by atoms with E-state index in [9.17, 15) is 0 Å². The molecular weight excluding hydrogens is 171 g/mol. The summed E-state index contributed by atoms with van der Waals surface area (Å²) in [5.74, 6) is 1.90. The molecule has 0 N–H and O–H groups in total. The summed E-state index contributed by atoms with van der Waals surface area (Å²) in [7, 11) is 0. The molecule has 0 radical (unpaired) electrons. The van der Waals surface area contributed by atoms with Gasteiger partial charge in [-0.05, 0) is 0 Å². The quantitative estimate of drug-likeness (QED) is 0.597.